The summed E-state index contributed by atoms with van der Waals surface area (Å²) < 4.78 is 10.7. The molecule has 0 saturated heterocycles. The number of carbonyl (C=O) groups excluding carboxylic acids is 2. The van der Waals surface area contributed by atoms with Gasteiger partial charge >= 0.3 is 0 Å². The summed E-state index contributed by atoms with van der Waals surface area (Å²) in [6.07, 6.45) is 6.33. The van der Waals surface area contributed by atoms with Crippen molar-refractivity contribution in [3.05, 3.63) is 59.2 Å². The second-order valence-electron chi connectivity index (χ2n) is 6.90. The number of ether oxygens (including phenoxy) is 2. The summed E-state index contributed by atoms with van der Waals surface area (Å²) in [5.41, 5.74) is 7.48. The van der Waals surface area contributed by atoms with Crippen LogP contribution in [0.25, 0.3) is 0 Å². The van der Waals surface area contributed by atoms with Gasteiger partial charge in [0.25, 0.3) is 5.91 Å². The third-order valence-electron chi connectivity index (χ3n) is 5.12. The fourth-order valence-corrected chi connectivity index (χ4v) is 3.56. The molecule has 1 saturated carbocycles. The Hall–Kier alpha value is -2.82. The molecule has 0 heterocycles. The molecular formula is C22H25NO4. The molecule has 0 unspecified atom stereocenters. The first-order chi connectivity index (χ1) is 13.1. The van der Waals surface area contributed by atoms with Gasteiger partial charge in [0, 0.05) is 11.6 Å². The van der Waals surface area contributed by atoms with Gasteiger partial charge in [-0.25, -0.2) is 0 Å². The lowest BCUT2D eigenvalue weighted by Crippen LogP contribution is -2.16. The molecule has 2 aromatic carbocycles. The number of ketones is 1. The highest BCUT2D eigenvalue weighted by Crippen LogP contribution is 2.32. The van der Waals surface area contributed by atoms with Crippen molar-refractivity contribution < 1.29 is 19.1 Å². The molecule has 1 aliphatic rings. The lowest BCUT2D eigenvalue weighted by atomic mass is 9.84. The van der Waals surface area contributed by atoms with Crippen molar-refractivity contribution in [3.8, 4) is 11.5 Å². The van der Waals surface area contributed by atoms with Crippen LogP contribution in [0.1, 0.15) is 64.3 Å². The molecule has 0 aliphatic heterocycles. The van der Waals surface area contributed by atoms with Crippen LogP contribution in [0.3, 0.4) is 0 Å². The van der Waals surface area contributed by atoms with E-state index in [4.69, 9.17) is 15.2 Å². The van der Waals surface area contributed by atoms with E-state index >= 15 is 0 Å². The predicted octanol–water partition coefficient (Wildman–Crippen LogP) is 4.10. The second kappa shape index (κ2) is 8.71. The van der Waals surface area contributed by atoms with Crippen LogP contribution in [0, 0.1) is 0 Å². The zero-order valence-electron chi connectivity index (χ0n) is 15.6. The van der Waals surface area contributed by atoms with Crippen LogP contribution in [-0.4, -0.2) is 25.4 Å². The molecule has 27 heavy (non-hydrogen) atoms. The van der Waals surface area contributed by atoms with E-state index < -0.39 is 5.91 Å². The van der Waals surface area contributed by atoms with Gasteiger partial charge in [-0.05, 0) is 36.5 Å². The molecular weight excluding hydrogens is 342 g/mol. The topological polar surface area (TPSA) is 78.6 Å². The van der Waals surface area contributed by atoms with Crippen molar-refractivity contribution in [3.63, 3.8) is 0 Å². The normalized spacial score (nSPS) is 14.6. The van der Waals surface area contributed by atoms with Crippen molar-refractivity contribution in [2.24, 2.45) is 5.73 Å². The zero-order valence-corrected chi connectivity index (χ0v) is 15.6. The first-order valence-electron chi connectivity index (χ1n) is 9.32. The fourth-order valence-electron chi connectivity index (χ4n) is 3.56. The van der Waals surface area contributed by atoms with E-state index in [1.807, 2.05) is 24.3 Å². The number of primary amides is 1. The fraction of sp³-hybridized carbons (Fsp3) is 0.364. The zero-order chi connectivity index (χ0) is 19.2. The van der Waals surface area contributed by atoms with Crippen LogP contribution in [0.5, 0.6) is 11.5 Å². The average Bonchev–Trinajstić information content (AvgIpc) is 2.72. The number of Topliss-reactive ketones (excluding diaryl/α,β-unsaturated/α-hetero) is 1. The lowest BCUT2D eigenvalue weighted by Gasteiger charge is -2.22. The van der Waals surface area contributed by atoms with Crippen molar-refractivity contribution in [1.29, 1.82) is 0 Å². The number of hydrogen-bond donors (Lipinski definition) is 1. The Morgan fingerprint density at radius 1 is 1.04 bits per heavy atom. The minimum absolute atomic E-state index is 0.150. The van der Waals surface area contributed by atoms with Crippen LogP contribution < -0.4 is 15.2 Å². The molecule has 1 fully saturated rings. The molecule has 2 aromatic rings. The number of rotatable bonds is 7. The van der Waals surface area contributed by atoms with E-state index in [1.165, 1.54) is 50.8 Å². The molecule has 0 atom stereocenters. The molecule has 0 radical (unpaired) electrons. The lowest BCUT2D eigenvalue weighted by molar-refractivity contribution is 0.0912. The molecule has 0 spiro atoms. The number of nitrogens with two attached hydrogens (primary N) is 1. The Balaban J connectivity index is 1.66. The summed E-state index contributed by atoms with van der Waals surface area (Å²) in [5, 5.41) is 0. The Labute approximate surface area is 159 Å². The number of methoxy groups -OCH3 is 1. The summed E-state index contributed by atoms with van der Waals surface area (Å²) >= 11 is 0. The van der Waals surface area contributed by atoms with E-state index in [1.54, 1.807) is 12.1 Å². The average molecular weight is 367 g/mol. The predicted molar refractivity (Wildman–Crippen MR) is 104 cm³/mol. The maximum absolute atomic E-state index is 12.5. The third-order valence-corrected chi connectivity index (χ3v) is 5.12. The number of hydrogen-bond acceptors (Lipinski definition) is 4. The van der Waals surface area contributed by atoms with Gasteiger partial charge in [0.15, 0.2) is 12.4 Å². The summed E-state index contributed by atoms with van der Waals surface area (Å²) in [6, 6.07) is 12.5. The largest absolute Gasteiger partial charge is 0.497 e. The number of amides is 1. The summed E-state index contributed by atoms with van der Waals surface area (Å²) in [7, 11) is 1.52. The van der Waals surface area contributed by atoms with E-state index in [2.05, 4.69) is 0 Å². The molecule has 0 bridgehead atoms. The van der Waals surface area contributed by atoms with E-state index in [0.29, 0.717) is 17.2 Å². The maximum Gasteiger partial charge on any atom is 0.252 e. The van der Waals surface area contributed by atoms with Crippen LogP contribution >= 0.6 is 0 Å². The molecule has 142 valence electrons. The molecule has 5 nitrogen and oxygen atoms in total. The van der Waals surface area contributed by atoms with Crippen molar-refractivity contribution in [2.45, 2.75) is 38.0 Å². The van der Waals surface area contributed by atoms with Gasteiger partial charge in [-0.3, -0.25) is 9.59 Å². The van der Waals surface area contributed by atoms with Crippen LogP contribution in [0.4, 0.5) is 0 Å². The summed E-state index contributed by atoms with van der Waals surface area (Å²) in [4.78, 5) is 24.0. The minimum Gasteiger partial charge on any atom is -0.497 e. The van der Waals surface area contributed by atoms with Crippen LogP contribution in [-0.2, 0) is 0 Å². The quantitative estimate of drug-likeness (QED) is 0.747. The van der Waals surface area contributed by atoms with Crippen LogP contribution in [0.15, 0.2) is 42.5 Å². The Bertz CT molecular complexity index is 808. The molecule has 1 aliphatic carbocycles. The highest BCUT2D eigenvalue weighted by Gasteiger charge is 2.17. The molecule has 0 aromatic heterocycles. The van der Waals surface area contributed by atoms with Crippen molar-refractivity contribution in [2.75, 3.05) is 13.7 Å². The van der Waals surface area contributed by atoms with Gasteiger partial charge in [-0.1, -0.05) is 43.5 Å². The maximum atomic E-state index is 12.5. The highest BCUT2D eigenvalue weighted by molar-refractivity contribution is 5.98. The third kappa shape index (κ3) is 4.67. The first-order valence-corrected chi connectivity index (χ1v) is 9.32. The van der Waals surface area contributed by atoms with Crippen LogP contribution in [0.2, 0.25) is 0 Å². The second-order valence-corrected chi connectivity index (χ2v) is 6.90. The van der Waals surface area contributed by atoms with Gasteiger partial charge in [0.2, 0.25) is 0 Å². The molecule has 1 amide bonds. The Morgan fingerprint density at radius 2 is 1.74 bits per heavy atom. The highest BCUT2D eigenvalue weighted by atomic mass is 16.5. The van der Waals surface area contributed by atoms with Gasteiger partial charge < -0.3 is 15.2 Å². The minimum atomic E-state index is -0.614. The summed E-state index contributed by atoms with van der Waals surface area (Å²) in [5.74, 6) is 0.614. The number of benzene rings is 2. The van der Waals surface area contributed by atoms with Crippen molar-refractivity contribution >= 4 is 11.7 Å². The molecule has 3 rings (SSSR count). The Morgan fingerprint density at radius 3 is 2.37 bits per heavy atom. The molecule has 2 N–H and O–H groups in total. The smallest absolute Gasteiger partial charge is 0.252 e. The van der Waals surface area contributed by atoms with Gasteiger partial charge in [0.05, 0.1) is 12.7 Å². The standard InChI is InChI=1S/C22H25NO4/c1-26-18-11-12-19(22(23)25)21(13-18)27-14-20(24)17-9-7-16(8-10-17)15-5-3-2-4-6-15/h7-13,15H,2-6,14H2,1H3,(H2,23,25). The summed E-state index contributed by atoms with van der Waals surface area (Å²) in [6.45, 7) is -0.170. The SMILES string of the molecule is COc1ccc(C(N)=O)c(OCC(=O)c2ccc(C3CCCCC3)cc2)c1. The Kier molecular flexibility index (Phi) is 6.12. The van der Waals surface area contributed by atoms with Crippen molar-refractivity contribution in [1.82, 2.24) is 0 Å². The monoisotopic (exact) mass is 367 g/mol. The van der Waals surface area contributed by atoms with Gasteiger partial charge in [-0.2, -0.15) is 0 Å². The first kappa shape index (κ1) is 19.0. The van der Waals surface area contributed by atoms with Gasteiger partial charge in [-0.15, -0.1) is 0 Å². The van der Waals surface area contributed by atoms with E-state index in [0.717, 1.165) is 0 Å². The number of carbonyl (C=O) groups is 2. The van der Waals surface area contributed by atoms with E-state index in [9.17, 15) is 9.59 Å². The molecule has 5 heteroatoms. The van der Waals surface area contributed by atoms with E-state index in [-0.39, 0.29) is 23.7 Å². The van der Waals surface area contributed by atoms with Gasteiger partial charge in [0.1, 0.15) is 11.5 Å².